The van der Waals surface area contributed by atoms with Gasteiger partial charge >= 0.3 is 0 Å². The fraction of sp³-hybridized carbons (Fsp3) is 0.500. The third-order valence-electron chi connectivity index (χ3n) is 2.60. The van der Waals surface area contributed by atoms with E-state index in [1.807, 2.05) is 11.8 Å². The van der Waals surface area contributed by atoms with Crippen LogP contribution in [0.1, 0.15) is 6.92 Å². The number of nitrogens with two attached hydrogens (primary N) is 1. The van der Waals surface area contributed by atoms with E-state index in [1.54, 1.807) is 38.2 Å². The number of aromatic nitrogens is 1. The number of carbonyl (C=O) groups excluding carboxylic acids is 1. The molecule has 0 aromatic carbocycles. The summed E-state index contributed by atoms with van der Waals surface area (Å²) in [7, 11) is 4.99. The van der Waals surface area contributed by atoms with Crippen LogP contribution in [0.4, 0.5) is 11.5 Å². The van der Waals surface area contributed by atoms with Crippen LogP contribution in [0.2, 0.25) is 0 Å². The Bertz CT molecular complexity index is 421. The normalized spacial score (nSPS) is 10.0. The van der Waals surface area contributed by atoms with Crippen LogP contribution in [0.15, 0.2) is 12.1 Å². The zero-order valence-corrected chi connectivity index (χ0v) is 11.3. The van der Waals surface area contributed by atoms with Crippen molar-refractivity contribution in [1.82, 2.24) is 9.88 Å². The standard InChI is InChI=1S/C12H20N4O2/c1-5-16(8-11(17)15(2)3)12-9(13)6-7-10(14-12)18-4/h6-7H,5,8,13H2,1-4H3. The first-order valence-electron chi connectivity index (χ1n) is 5.75. The summed E-state index contributed by atoms with van der Waals surface area (Å²) < 4.78 is 5.07. The molecule has 0 saturated heterocycles. The molecule has 0 fully saturated rings. The summed E-state index contributed by atoms with van der Waals surface area (Å²) in [6.07, 6.45) is 0. The summed E-state index contributed by atoms with van der Waals surface area (Å²) in [5.74, 6) is 1.06. The largest absolute Gasteiger partial charge is 0.481 e. The van der Waals surface area contributed by atoms with Crippen molar-refractivity contribution in [1.29, 1.82) is 0 Å². The fourth-order valence-electron chi connectivity index (χ4n) is 1.45. The molecule has 0 spiro atoms. The molecule has 1 aromatic heterocycles. The van der Waals surface area contributed by atoms with Gasteiger partial charge in [-0.3, -0.25) is 4.79 Å². The Morgan fingerprint density at radius 1 is 1.44 bits per heavy atom. The Labute approximate surface area is 107 Å². The van der Waals surface area contributed by atoms with Crippen molar-refractivity contribution in [3.63, 3.8) is 0 Å². The van der Waals surface area contributed by atoms with Crippen molar-refractivity contribution in [3.8, 4) is 5.88 Å². The highest BCUT2D eigenvalue weighted by Crippen LogP contribution is 2.23. The summed E-state index contributed by atoms with van der Waals surface area (Å²) in [6, 6.07) is 3.42. The molecule has 0 aliphatic heterocycles. The van der Waals surface area contributed by atoms with Gasteiger partial charge in [-0.1, -0.05) is 0 Å². The first-order valence-corrected chi connectivity index (χ1v) is 5.75. The van der Waals surface area contributed by atoms with E-state index < -0.39 is 0 Å². The third kappa shape index (κ3) is 3.26. The molecule has 1 heterocycles. The Balaban J connectivity index is 2.97. The van der Waals surface area contributed by atoms with E-state index in [0.29, 0.717) is 23.9 Å². The SMILES string of the molecule is CCN(CC(=O)N(C)C)c1nc(OC)ccc1N. The summed E-state index contributed by atoms with van der Waals surface area (Å²) in [5.41, 5.74) is 6.42. The average molecular weight is 252 g/mol. The minimum absolute atomic E-state index is 0.000805. The molecule has 1 aromatic rings. The van der Waals surface area contributed by atoms with E-state index in [0.717, 1.165) is 0 Å². The van der Waals surface area contributed by atoms with Gasteiger partial charge in [0, 0.05) is 26.7 Å². The summed E-state index contributed by atoms with van der Waals surface area (Å²) in [4.78, 5) is 19.4. The number of hydrogen-bond donors (Lipinski definition) is 1. The highest BCUT2D eigenvalue weighted by molar-refractivity contribution is 5.82. The van der Waals surface area contributed by atoms with E-state index in [4.69, 9.17) is 10.5 Å². The van der Waals surface area contributed by atoms with Crippen molar-refractivity contribution in [2.24, 2.45) is 0 Å². The van der Waals surface area contributed by atoms with Gasteiger partial charge < -0.3 is 20.3 Å². The molecular weight excluding hydrogens is 232 g/mol. The third-order valence-corrected chi connectivity index (χ3v) is 2.60. The molecule has 0 unspecified atom stereocenters. The molecule has 0 radical (unpaired) electrons. The van der Waals surface area contributed by atoms with Crippen molar-refractivity contribution in [3.05, 3.63) is 12.1 Å². The van der Waals surface area contributed by atoms with Crippen LogP contribution in [0.3, 0.4) is 0 Å². The monoisotopic (exact) mass is 252 g/mol. The first-order chi connectivity index (χ1) is 8.49. The van der Waals surface area contributed by atoms with Crippen LogP contribution in [-0.2, 0) is 4.79 Å². The van der Waals surface area contributed by atoms with Gasteiger partial charge in [-0.2, -0.15) is 4.98 Å². The lowest BCUT2D eigenvalue weighted by Gasteiger charge is -2.24. The van der Waals surface area contributed by atoms with Crippen LogP contribution < -0.4 is 15.4 Å². The maximum absolute atomic E-state index is 11.7. The number of pyridine rings is 1. The van der Waals surface area contributed by atoms with Gasteiger partial charge in [-0.15, -0.1) is 0 Å². The number of nitrogen functional groups attached to an aromatic ring is 1. The molecule has 2 N–H and O–H groups in total. The second kappa shape index (κ2) is 6.09. The predicted octanol–water partition coefficient (Wildman–Crippen LogP) is 0.587. The Morgan fingerprint density at radius 3 is 2.61 bits per heavy atom. The number of anilines is 2. The fourth-order valence-corrected chi connectivity index (χ4v) is 1.45. The van der Waals surface area contributed by atoms with E-state index >= 15 is 0 Å². The van der Waals surface area contributed by atoms with Crippen molar-refractivity contribution < 1.29 is 9.53 Å². The van der Waals surface area contributed by atoms with Crippen LogP contribution in [0.5, 0.6) is 5.88 Å². The minimum atomic E-state index is 0.000805. The number of rotatable bonds is 5. The van der Waals surface area contributed by atoms with Crippen molar-refractivity contribution in [2.45, 2.75) is 6.92 Å². The van der Waals surface area contributed by atoms with Gasteiger partial charge in [0.05, 0.1) is 19.3 Å². The summed E-state index contributed by atoms with van der Waals surface area (Å²) in [5, 5.41) is 0. The highest BCUT2D eigenvalue weighted by atomic mass is 16.5. The topological polar surface area (TPSA) is 71.7 Å². The number of hydrogen-bond acceptors (Lipinski definition) is 5. The van der Waals surface area contributed by atoms with E-state index in [1.165, 1.54) is 0 Å². The molecule has 1 rings (SSSR count). The lowest BCUT2D eigenvalue weighted by atomic mass is 10.3. The summed E-state index contributed by atoms with van der Waals surface area (Å²) >= 11 is 0. The molecule has 0 bridgehead atoms. The average Bonchev–Trinajstić information content (AvgIpc) is 2.36. The Kier molecular flexibility index (Phi) is 4.76. The number of carbonyl (C=O) groups is 1. The molecule has 18 heavy (non-hydrogen) atoms. The number of ether oxygens (including phenoxy) is 1. The number of nitrogens with zero attached hydrogens (tertiary/aromatic N) is 3. The van der Waals surface area contributed by atoms with Gasteiger partial charge in [0.1, 0.15) is 0 Å². The van der Waals surface area contributed by atoms with Crippen LogP contribution in [0.25, 0.3) is 0 Å². The molecule has 0 atom stereocenters. The smallest absolute Gasteiger partial charge is 0.241 e. The van der Waals surface area contributed by atoms with E-state index in [-0.39, 0.29) is 12.5 Å². The number of amides is 1. The number of likely N-dealkylation sites (N-methyl/N-ethyl adjacent to an activating group) is 2. The molecule has 0 saturated carbocycles. The van der Waals surface area contributed by atoms with Gasteiger partial charge in [-0.25, -0.2) is 0 Å². The van der Waals surface area contributed by atoms with Crippen LogP contribution >= 0.6 is 0 Å². The van der Waals surface area contributed by atoms with Crippen LogP contribution in [-0.4, -0.2) is 50.1 Å². The lowest BCUT2D eigenvalue weighted by molar-refractivity contribution is -0.127. The molecule has 6 nitrogen and oxygen atoms in total. The Hall–Kier alpha value is -1.98. The van der Waals surface area contributed by atoms with Gasteiger partial charge in [0.2, 0.25) is 11.8 Å². The quantitative estimate of drug-likeness (QED) is 0.830. The minimum Gasteiger partial charge on any atom is -0.481 e. The first kappa shape index (κ1) is 14.1. The maximum atomic E-state index is 11.7. The highest BCUT2D eigenvalue weighted by Gasteiger charge is 2.15. The maximum Gasteiger partial charge on any atom is 0.241 e. The predicted molar refractivity (Wildman–Crippen MR) is 71.8 cm³/mol. The molecule has 0 aliphatic rings. The molecular formula is C12H20N4O2. The second-order valence-corrected chi connectivity index (χ2v) is 4.07. The van der Waals surface area contributed by atoms with Crippen molar-refractivity contribution in [2.75, 3.05) is 44.9 Å². The van der Waals surface area contributed by atoms with Gasteiger partial charge in [-0.05, 0) is 13.0 Å². The second-order valence-electron chi connectivity index (χ2n) is 4.07. The van der Waals surface area contributed by atoms with Crippen molar-refractivity contribution >= 4 is 17.4 Å². The molecule has 100 valence electrons. The van der Waals surface area contributed by atoms with E-state index in [2.05, 4.69) is 4.98 Å². The Morgan fingerprint density at radius 2 is 2.11 bits per heavy atom. The zero-order chi connectivity index (χ0) is 13.7. The van der Waals surface area contributed by atoms with Gasteiger partial charge in [0.15, 0.2) is 5.82 Å². The molecule has 0 aliphatic carbocycles. The van der Waals surface area contributed by atoms with Gasteiger partial charge in [0.25, 0.3) is 0 Å². The lowest BCUT2D eigenvalue weighted by Crippen LogP contribution is -2.37. The van der Waals surface area contributed by atoms with E-state index in [9.17, 15) is 4.79 Å². The zero-order valence-electron chi connectivity index (χ0n) is 11.3. The molecule has 1 amide bonds. The van der Waals surface area contributed by atoms with Crippen LogP contribution in [0, 0.1) is 0 Å². The molecule has 6 heteroatoms. The number of methoxy groups -OCH3 is 1. The summed E-state index contributed by atoms with van der Waals surface area (Å²) in [6.45, 7) is 2.83.